The van der Waals surface area contributed by atoms with Crippen LogP contribution in [0.25, 0.3) is 11.4 Å². The van der Waals surface area contributed by atoms with Crippen LogP contribution < -0.4 is 5.73 Å². The number of nitrogens with two attached hydrogens (primary N) is 1. The van der Waals surface area contributed by atoms with Crippen LogP contribution in [0.15, 0.2) is 29.7 Å². The largest absolute Gasteiger partial charge is 0.395 e. The summed E-state index contributed by atoms with van der Waals surface area (Å²) in [7, 11) is 0. The standard InChI is InChI=1S/C11H13N5O2S/c12-9(18)7-19-11-15-14-10(16(11)4-5-17)8-2-1-3-13-6-8/h1-3,6,17H,4-5,7H2,(H2,12,18). The number of amides is 1. The van der Waals surface area contributed by atoms with E-state index in [0.717, 1.165) is 5.56 Å². The Labute approximate surface area is 113 Å². The summed E-state index contributed by atoms with van der Waals surface area (Å²) in [6.45, 7) is 0.299. The van der Waals surface area contributed by atoms with Gasteiger partial charge >= 0.3 is 0 Å². The maximum Gasteiger partial charge on any atom is 0.227 e. The molecule has 3 N–H and O–H groups in total. The summed E-state index contributed by atoms with van der Waals surface area (Å²) in [6.07, 6.45) is 3.33. The molecule has 0 bridgehead atoms. The van der Waals surface area contributed by atoms with Crippen LogP contribution in [-0.2, 0) is 11.3 Å². The van der Waals surface area contributed by atoms with Crippen molar-refractivity contribution in [2.45, 2.75) is 11.7 Å². The second kappa shape index (κ2) is 6.30. The van der Waals surface area contributed by atoms with Crippen LogP contribution >= 0.6 is 11.8 Å². The van der Waals surface area contributed by atoms with Crippen molar-refractivity contribution < 1.29 is 9.90 Å². The van der Waals surface area contributed by atoms with E-state index in [0.29, 0.717) is 17.5 Å². The van der Waals surface area contributed by atoms with Crippen LogP contribution in [0.4, 0.5) is 0 Å². The van der Waals surface area contributed by atoms with E-state index in [1.807, 2.05) is 6.07 Å². The lowest BCUT2D eigenvalue weighted by Crippen LogP contribution is -2.14. The zero-order valence-corrected chi connectivity index (χ0v) is 10.9. The fourth-order valence-corrected chi connectivity index (χ4v) is 2.24. The molecule has 0 radical (unpaired) electrons. The van der Waals surface area contributed by atoms with Crippen molar-refractivity contribution in [3.63, 3.8) is 0 Å². The van der Waals surface area contributed by atoms with Gasteiger partial charge in [-0.2, -0.15) is 0 Å². The average Bonchev–Trinajstić information content (AvgIpc) is 2.81. The number of aliphatic hydroxyl groups excluding tert-OH is 1. The number of aromatic nitrogens is 4. The fraction of sp³-hybridized carbons (Fsp3) is 0.273. The van der Waals surface area contributed by atoms with Gasteiger partial charge in [-0.05, 0) is 12.1 Å². The number of pyridine rings is 1. The van der Waals surface area contributed by atoms with Gasteiger partial charge in [0.05, 0.1) is 12.4 Å². The van der Waals surface area contributed by atoms with Crippen LogP contribution in [0.5, 0.6) is 0 Å². The molecule has 19 heavy (non-hydrogen) atoms. The van der Waals surface area contributed by atoms with Crippen molar-refractivity contribution in [2.75, 3.05) is 12.4 Å². The Morgan fingerprint density at radius 1 is 1.47 bits per heavy atom. The van der Waals surface area contributed by atoms with Crippen molar-refractivity contribution in [1.82, 2.24) is 19.7 Å². The number of hydrogen-bond acceptors (Lipinski definition) is 6. The molecule has 2 heterocycles. The molecule has 2 rings (SSSR count). The molecule has 0 fully saturated rings. The molecule has 1 amide bonds. The fourth-order valence-electron chi connectivity index (χ4n) is 1.54. The summed E-state index contributed by atoms with van der Waals surface area (Å²) >= 11 is 1.19. The van der Waals surface area contributed by atoms with Gasteiger partial charge in [0.15, 0.2) is 11.0 Å². The highest BCUT2D eigenvalue weighted by Crippen LogP contribution is 2.22. The maximum absolute atomic E-state index is 10.8. The molecule has 8 heteroatoms. The molecule has 0 aliphatic carbocycles. The van der Waals surface area contributed by atoms with E-state index in [1.54, 1.807) is 23.0 Å². The van der Waals surface area contributed by atoms with Gasteiger partial charge in [-0.25, -0.2) is 0 Å². The molecule has 7 nitrogen and oxygen atoms in total. The number of thioether (sulfide) groups is 1. The van der Waals surface area contributed by atoms with E-state index in [-0.39, 0.29) is 12.4 Å². The highest BCUT2D eigenvalue weighted by molar-refractivity contribution is 7.99. The molecule has 0 spiro atoms. The normalized spacial score (nSPS) is 10.6. The monoisotopic (exact) mass is 279 g/mol. The van der Waals surface area contributed by atoms with Gasteiger partial charge in [-0.1, -0.05) is 11.8 Å². The zero-order chi connectivity index (χ0) is 13.7. The summed E-state index contributed by atoms with van der Waals surface area (Å²) in [6, 6.07) is 3.65. The van der Waals surface area contributed by atoms with E-state index in [9.17, 15) is 4.79 Å². The zero-order valence-electron chi connectivity index (χ0n) is 10.1. The van der Waals surface area contributed by atoms with Gasteiger partial charge in [-0.3, -0.25) is 14.3 Å². The van der Waals surface area contributed by atoms with Crippen LogP contribution in [-0.4, -0.2) is 43.1 Å². The second-order valence-corrected chi connectivity index (χ2v) is 4.62. The van der Waals surface area contributed by atoms with E-state index < -0.39 is 5.91 Å². The minimum absolute atomic E-state index is 0.0462. The van der Waals surface area contributed by atoms with Gasteiger partial charge in [-0.15, -0.1) is 10.2 Å². The Bertz CT molecular complexity index is 557. The minimum Gasteiger partial charge on any atom is -0.395 e. The van der Waals surface area contributed by atoms with Gasteiger partial charge in [0.2, 0.25) is 5.91 Å². The number of primary amides is 1. The summed E-state index contributed by atoms with van der Waals surface area (Å²) in [5.74, 6) is 0.303. The third-order valence-electron chi connectivity index (χ3n) is 2.30. The molecular weight excluding hydrogens is 266 g/mol. The molecule has 0 aliphatic heterocycles. The molecule has 0 atom stereocenters. The number of carbonyl (C=O) groups excluding carboxylic acids is 1. The first-order valence-corrected chi connectivity index (χ1v) is 6.56. The van der Waals surface area contributed by atoms with Crippen LogP contribution in [0.3, 0.4) is 0 Å². The summed E-state index contributed by atoms with van der Waals surface area (Å²) in [4.78, 5) is 14.8. The molecule has 0 aromatic carbocycles. The summed E-state index contributed by atoms with van der Waals surface area (Å²) < 4.78 is 1.74. The number of carbonyl (C=O) groups is 1. The molecule has 0 unspecified atom stereocenters. The van der Waals surface area contributed by atoms with Crippen LogP contribution in [0, 0.1) is 0 Å². The van der Waals surface area contributed by atoms with Gasteiger partial charge < -0.3 is 10.8 Å². The molecule has 0 aliphatic rings. The molecule has 2 aromatic heterocycles. The van der Waals surface area contributed by atoms with Gasteiger partial charge in [0.1, 0.15) is 0 Å². The van der Waals surface area contributed by atoms with Crippen molar-refractivity contribution >= 4 is 17.7 Å². The predicted octanol–water partition coefficient (Wildman–Crippen LogP) is -0.0902. The molecule has 2 aromatic rings. The topological polar surface area (TPSA) is 107 Å². The smallest absolute Gasteiger partial charge is 0.227 e. The van der Waals surface area contributed by atoms with Crippen molar-refractivity contribution in [3.8, 4) is 11.4 Å². The minimum atomic E-state index is -0.425. The van der Waals surface area contributed by atoms with Crippen LogP contribution in [0.1, 0.15) is 0 Å². The van der Waals surface area contributed by atoms with Crippen molar-refractivity contribution in [1.29, 1.82) is 0 Å². The van der Waals surface area contributed by atoms with E-state index in [1.165, 1.54) is 11.8 Å². The van der Waals surface area contributed by atoms with E-state index in [4.69, 9.17) is 10.8 Å². The van der Waals surface area contributed by atoms with E-state index in [2.05, 4.69) is 15.2 Å². The highest BCUT2D eigenvalue weighted by atomic mass is 32.2. The molecule has 0 saturated carbocycles. The third-order valence-corrected chi connectivity index (χ3v) is 3.29. The number of nitrogens with zero attached hydrogens (tertiary/aromatic N) is 4. The maximum atomic E-state index is 10.8. The Kier molecular flexibility index (Phi) is 4.48. The Balaban J connectivity index is 2.31. The number of aliphatic hydroxyl groups is 1. The van der Waals surface area contributed by atoms with E-state index >= 15 is 0 Å². The second-order valence-electron chi connectivity index (χ2n) is 3.68. The van der Waals surface area contributed by atoms with Crippen molar-refractivity contribution in [2.24, 2.45) is 5.73 Å². The van der Waals surface area contributed by atoms with Crippen molar-refractivity contribution in [3.05, 3.63) is 24.5 Å². The first-order chi connectivity index (χ1) is 9.22. The lowest BCUT2D eigenvalue weighted by molar-refractivity contribution is -0.115. The third kappa shape index (κ3) is 3.30. The quantitative estimate of drug-likeness (QED) is 0.716. The molecule has 100 valence electrons. The highest BCUT2D eigenvalue weighted by Gasteiger charge is 2.14. The average molecular weight is 279 g/mol. The first kappa shape index (κ1) is 13.5. The summed E-state index contributed by atoms with van der Waals surface area (Å²) in [5.41, 5.74) is 5.91. The summed E-state index contributed by atoms with van der Waals surface area (Å²) in [5, 5.41) is 17.8. The number of hydrogen-bond donors (Lipinski definition) is 2. The molecule has 0 saturated heterocycles. The van der Waals surface area contributed by atoms with Crippen LogP contribution in [0.2, 0.25) is 0 Å². The Morgan fingerprint density at radius 2 is 2.32 bits per heavy atom. The Morgan fingerprint density at radius 3 is 2.95 bits per heavy atom. The lowest BCUT2D eigenvalue weighted by Gasteiger charge is -2.07. The predicted molar refractivity (Wildman–Crippen MR) is 70.3 cm³/mol. The van der Waals surface area contributed by atoms with Gasteiger partial charge in [0.25, 0.3) is 0 Å². The lowest BCUT2D eigenvalue weighted by atomic mass is 10.3. The van der Waals surface area contributed by atoms with Gasteiger partial charge in [0, 0.05) is 24.5 Å². The SMILES string of the molecule is NC(=O)CSc1nnc(-c2cccnc2)n1CCO. The Hall–Kier alpha value is -1.93. The number of rotatable bonds is 6. The molecular formula is C11H13N5O2S. The first-order valence-electron chi connectivity index (χ1n) is 5.58.